The van der Waals surface area contributed by atoms with E-state index in [2.05, 4.69) is 37.0 Å². The molecule has 0 amide bonds. The average molecular weight is 377 g/mol. The summed E-state index contributed by atoms with van der Waals surface area (Å²) in [5.41, 5.74) is 4.74. The Hall–Kier alpha value is -2.75. The molecule has 146 valence electrons. The van der Waals surface area contributed by atoms with Crippen LogP contribution in [0.25, 0.3) is 11.5 Å². The van der Waals surface area contributed by atoms with Gasteiger partial charge in [0.1, 0.15) is 17.3 Å². The molecule has 3 aromatic rings. The molecule has 28 heavy (non-hydrogen) atoms. The number of nitrogens with zero attached hydrogens (tertiary/aromatic N) is 1. The molecule has 1 aliphatic carbocycles. The molecule has 2 aromatic carbocycles. The number of rotatable bonds is 7. The number of phenols is 1. The van der Waals surface area contributed by atoms with Gasteiger partial charge in [0.25, 0.3) is 0 Å². The molecule has 0 bridgehead atoms. The van der Waals surface area contributed by atoms with Gasteiger partial charge in [-0.1, -0.05) is 19.9 Å². The Balaban J connectivity index is 1.42. The van der Waals surface area contributed by atoms with E-state index in [-0.39, 0.29) is 5.75 Å². The molecule has 1 heterocycles. The highest BCUT2D eigenvalue weighted by Gasteiger charge is 2.21. The lowest BCUT2D eigenvalue weighted by Gasteiger charge is -2.10. The molecule has 4 heteroatoms. The quantitative estimate of drug-likeness (QED) is 0.576. The smallest absolute Gasteiger partial charge is 0.226 e. The van der Waals surface area contributed by atoms with Gasteiger partial charge >= 0.3 is 0 Å². The summed E-state index contributed by atoms with van der Waals surface area (Å²) in [6, 6.07) is 13.5. The van der Waals surface area contributed by atoms with Crippen molar-refractivity contribution in [2.24, 2.45) is 0 Å². The molecule has 0 spiro atoms. The number of hydrogen-bond donors (Lipinski definition) is 1. The summed E-state index contributed by atoms with van der Waals surface area (Å²) in [4.78, 5) is 4.66. The molecule has 0 aliphatic heterocycles. The second-order valence-electron chi connectivity index (χ2n) is 7.39. The summed E-state index contributed by atoms with van der Waals surface area (Å²) in [7, 11) is 0. The Kier molecular flexibility index (Phi) is 5.38. The van der Waals surface area contributed by atoms with Gasteiger partial charge in [0.2, 0.25) is 5.89 Å². The second-order valence-corrected chi connectivity index (χ2v) is 7.39. The second kappa shape index (κ2) is 8.09. The monoisotopic (exact) mass is 377 g/mol. The van der Waals surface area contributed by atoms with Gasteiger partial charge < -0.3 is 14.3 Å². The van der Waals surface area contributed by atoms with Gasteiger partial charge in [0.05, 0.1) is 12.3 Å². The summed E-state index contributed by atoms with van der Waals surface area (Å²) >= 11 is 0. The number of oxazole rings is 1. The maximum absolute atomic E-state index is 9.45. The zero-order valence-electron chi connectivity index (χ0n) is 16.6. The van der Waals surface area contributed by atoms with E-state index in [9.17, 15) is 5.11 Å². The Morgan fingerprint density at radius 2 is 1.96 bits per heavy atom. The predicted octanol–water partition coefficient (Wildman–Crippen LogP) is 5.67. The first kappa shape index (κ1) is 18.6. The highest BCUT2D eigenvalue weighted by molar-refractivity contribution is 5.55. The van der Waals surface area contributed by atoms with Crippen molar-refractivity contribution in [2.75, 3.05) is 6.61 Å². The van der Waals surface area contributed by atoms with E-state index in [1.54, 1.807) is 12.1 Å². The first-order valence-corrected chi connectivity index (χ1v) is 10.2. The van der Waals surface area contributed by atoms with Gasteiger partial charge in [0.15, 0.2) is 0 Å². The largest absolute Gasteiger partial charge is 0.508 e. The molecular formula is C24H27NO3. The molecule has 0 radical (unpaired) electrons. The van der Waals surface area contributed by atoms with Crippen molar-refractivity contribution in [3.8, 4) is 23.0 Å². The summed E-state index contributed by atoms with van der Waals surface area (Å²) in [5.74, 6) is 3.38. The molecule has 0 unspecified atom stereocenters. The van der Waals surface area contributed by atoms with Crippen molar-refractivity contribution in [1.29, 1.82) is 0 Å². The predicted molar refractivity (Wildman–Crippen MR) is 110 cm³/mol. The first-order chi connectivity index (χ1) is 13.7. The molecule has 1 aromatic heterocycles. The minimum Gasteiger partial charge on any atom is -0.508 e. The normalized spacial score (nSPS) is 15.6. The molecule has 4 rings (SSSR count). The Labute approximate surface area is 166 Å². The van der Waals surface area contributed by atoms with Crippen molar-refractivity contribution in [2.45, 2.75) is 51.9 Å². The maximum Gasteiger partial charge on any atom is 0.226 e. The minimum absolute atomic E-state index is 0.235. The van der Waals surface area contributed by atoms with Gasteiger partial charge in [-0.25, -0.2) is 4.98 Å². The van der Waals surface area contributed by atoms with Gasteiger partial charge in [-0.15, -0.1) is 0 Å². The van der Waals surface area contributed by atoms with E-state index in [0.717, 1.165) is 35.6 Å². The number of aromatic hydroxyl groups is 1. The van der Waals surface area contributed by atoms with Crippen molar-refractivity contribution in [1.82, 2.24) is 4.98 Å². The van der Waals surface area contributed by atoms with Crippen LogP contribution in [0.2, 0.25) is 0 Å². The Morgan fingerprint density at radius 1 is 1.14 bits per heavy atom. The fraction of sp³-hybridized carbons (Fsp3) is 0.375. The summed E-state index contributed by atoms with van der Waals surface area (Å²) in [6.45, 7) is 4.90. The van der Waals surface area contributed by atoms with Gasteiger partial charge in [0, 0.05) is 18.4 Å². The van der Waals surface area contributed by atoms with Crippen LogP contribution in [-0.4, -0.2) is 16.7 Å². The van der Waals surface area contributed by atoms with E-state index in [1.165, 1.54) is 24.0 Å². The number of aromatic nitrogens is 1. The van der Waals surface area contributed by atoms with E-state index >= 15 is 0 Å². The van der Waals surface area contributed by atoms with Crippen LogP contribution in [0.15, 0.2) is 46.9 Å². The third-order valence-corrected chi connectivity index (χ3v) is 5.63. The summed E-state index contributed by atoms with van der Waals surface area (Å²) in [5, 5.41) is 9.45. The number of fused-ring (bicyclic) bond motifs is 1. The van der Waals surface area contributed by atoms with Crippen LogP contribution >= 0.6 is 0 Å². The van der Waals surface area contributed by atoms with Gasteiger partial charge in [-0.3, -0.25) is 0 Å². The van der Waals surface area contributed by atoms with Crippen LogP contribution in [0.4, 0.5) is 0 Å². The van der Waals surface area contributed by atoms with Gasteiger partial charge in [-0.05, 0) is 72.7 Å². The van der Waals surface area contributed by atoms with Crippen LogP contribution < -0.4 is 4.74 Å². The highest BCUT2D eigenvalue weighted by Crippen LogP contribution is 2.37. The fourth-order valence-electron chi connectivity index (χ4n) is 4.04. The minimum atomic E-state index is 0.235. The maximum atomic E-state index is 9.45. The van der Waals surface area contributed by atoms with Crippen LogP contribution in [-0.2, 0) is 19.3 Å². The average Bonchev–Trinajstić information content (AvgIpc) is 3.32. The molecule has 1 N–H and O–H groups in total. The zero-order valence-corrected chi connectivity index (χ0v) is 16.6. The molecule has 1 atom stereocenters. The lowest BCUT2D eigenvalue weighted by Crippen LogP contribution is -2.04. The standard InChI is InChI=1S/C24H27NO3/c1-3-16-5-6-18-15-20(11-12-21(16)18)27-14-13-22-23(4-2)28-24(25-22)17-7-9-19(26)10-8-17/h7-12,15-16,26H,3-6,13-14H2,1-2H3/t16-/m0/s1. The molecule has 1 aliphatic rings. The van der Waals surface area contributed by atoms with Crippen molar-refractivity contribution in [3.63, 3.8) is 0 Å². The number of benzene rings is 2. The SMILES string of the molecule is CCc1oc(-c2ccc(O)cc2)nc1CCOc1ccc2c(c1)CC[C@@H]2CC. The summed E-state index contributed by atoms with van der Waals surface area (Å²) in [6.07, 6.45) is 5.12. The van der Waals surface area contributed by atoms with Crippen LogP contribution in [0.5, 0.6) is 11.5 Å². The number of hydrogen-bond acceptors (Lipinski definition) is 4. The lowest BCUT2D eigenvalue weighted by atomic mass is 9.99. The molecule has 0 fully saturated rings. The molecule has 0 saturated carbocycles. The van der Waals surface area contributed by atoms with E-state index in [1.807, 2.05) is 12.1 Å². The molecule has 4 nitrogen and oxygen atoms in total. The number of ether oxygens (including phenoxy) is 1. The Morgan fingerprint density at radius 3 is 2.71 bits per heavy atom. The first-order valence-electron chi connectivity index (χ1n) is 10.2. The van der Waals surface area contributed by atoms with Crippen LogP contribution in [0, 0.1) is 0 Å². The third-order valence-electron chi connectivity index (χ3n) is 5.63. The fourth-order valence-corrected chi connectivity index (χ4v) is 4.04. The number of phenolic OH excluding ortho intramolecular Hbond substituents is 1. The Bertz CT molecular complexity index is 943. The van der Waals surface area contributed by atoms with Crippen molar-refractivity contribution < 1.29 is 14.3 Å². The molecule has 0 saturated heterocycles. The third kappa shape index (κ3) is 3.77. The van der Waals surface area contributed by atoms with Crippen LogP contribution in [0.1, 0.15) is 55.2 Å². The molecular weight excluding hydrogens is 350 g/mol. The van der Waals surface area contributed by atoms with Crippen molar-refractivity contribution >= 4 is 0 Å². The highest BCUT2D eigenvalue weighted by atomic mass is 16.5. The number of aryl methyl sites for hydroxylation is 2. The zero-order chi connectivity index (χ0) is 19.5. The van der Waals surface area contributed by atoms with E-state index in [0.29, 0.717) is 24.8 Å². The van der Waals surface area contributed by atoms with Crippen LogP contribution in [0.3, 0.4) is 0 Å². The lowest BCUT2D eigenvalue weighted by molar-refractivity contribution is 0.319. The topological polar surface area (TPSA) is 55.5 Å². The van der Waals surface area contributed by atoms with Crippen molar-refractivity contribution in [3.05, 3.63) is 65.0 Å². The van der Waals surface area contributed by atoms with E-state index < -0.39 is 0 Å². The van der Waals surface area contributed by atoms with E-state index in [4.69, 9.17) is 9.15 Å². The van der Waals surface area contributed by atoms with Gasteiger partial charge in [-0.2, -0.15) is 0 Å². The summed E-state index contributed by atoms with van der Waals surface area (Å²) < 4.78 is 11.9.